The maximum Gasteiger partial charge on any atom is 0.293 e. The second kappa shape index (κ2) is 9.74. The highest BCUT2D eigenvalue weighted by Crippen LogP contribution is 2.27. The normalized spacial score (nSPS) is 10.2. The fourth-order valence-corrected chi connectivity index (χ4v) is 3.31. The summed E-state index contributed by atoms with van der Waals surface area (Å²) in [6.45, 7) is 0.581. The maximum atomic E-state index is 12.8. The Morgan fingerprint density at radius 1 is 1.16 bits per heavy atom. The predicted molar refractivity (Wildman–Crippen MR) is 119 cm³/mol. The zero-order valence-corrected chi connectivity index (χ0v) is 17.5. The Labute approximate surface area is 184 Å². The molecule has 0 aliphatic heterocycles. The molecule has 0 saturated carbocycles. The predicted octanol–water partition coefficient (Wildman–Crippen LogP) is 5.00. The number of carbonyl (C=O) groups excluding carboxylic acids is 1. The molecule has 3 aromatic rings. The summed E-state index contributed by atoms with van der Waals surface area (Å²) < 4.78 is 0. The number of hydrogen-bond donors (Lipinski definition) is 1. The third-order valence-corrected chi connectivity index (χ3v) is 5.06. The number of hydrogen-bond acceptors (Lipinski definition) is 5. The van der Waals surface area contributed by atoms with Crippen molar-refractivity contribution >= 4 is 28.9 Å². The molecule has 1 amide bonds. The first-order chi connectivity index (χ1) is 14.9. The monoisotopic (exact) mass is 434 g/mol. The summed E-state index contributed by atoms with van der Waals surface area (Å²) in [5.41, 5.74) is 2.40. The highest BCUT2D eigenvalue weighted by Gasteiger charge is 2.20. The van der Waals surface area contributed by atoms with Crippen LogP contribution in [0.3, 0.4) is 0 Å². The first kappa shape index (κ1) is 21.8. The van der Waals surface area contributed by atoms with Gasteiger partial charge in [0, 0.05) is 36.8 Å². The fourth-order valence-electron chi connectivity index (χ4n) is 3.10. The lowest BCUT2D eigenvalue weighted by Gasteiger charge is -2.18. The SMILES string of the molecule is CN(Cc1cccc(C#N)c1)C(=O)c1ccc(NCc2ccccc2Cl)c([N+](=O)[O-])c1. The Bertz CT molecular complexity index is 1170. The van der Waals surface area contributed by atoms with Crippen LogP contribution in [-0.4, -0.2) is 22.8 Å². The molecule has 0 unspecified atom stereocenters. The maximum absolute atomic E-state index is 12.8. The van der Waals surface area contributed by atoms with Crippen molar-refractivity contribution < 1.29 is 9.72 Å². The van der Waals surface area contributed by atoms with Crippen LogP contribution in [-0.2, 0) is 13.1 Å². The van der Waals surface area contributed by atoms with Gasteiger partial charge in [0.1, 0.15) is 5.69 Å². The van der Waals surface area contributed by atoms with Gasteiger partial charge in [0.15, 0.2) is 0 Å². The lowest BCUT2D eigenvalue weighted by atomic mass is 10.1. The van der Waals surface area contributed by atoms with Crippen LogP contribution in [0.2, 0.25) is 5.02 Å². The van der Waals surface area contributed by atoms with Crippen LogP contribution >= 0.6 is 11.6 Å². The number of benzene rings is 3. The Morgan fingerprint density at radius 2 is 1.94 bits per heavy atom. The third-order valence-electron chi connectivity index (χ3n) is 4.69. The minimum atomic E-state index is -0.526. The average Bonchev–Trinajstić information content (AvgIpc) is 2.78. The van der Waals surface area contributed by atoms with E-state index in [2.05, 4.69) is 11.4 Å². The van der Waals surface area contributed by atoms with Gasteiger partial charge < -0.3 is 10.2 Å². The molecule has 0 fully saturated rings. The molecule has 0 aliphatic rings. The molecule has 0 saturated heterocycles. The van der Waals surface area contributed by atoms with Gasteiger partial charge in [0.05, 0.1) is 16.6 Å². The van der Waals surface area contributed by atoms with Gasteiger partial charge in [-0.05, 0) is 41.5 Å². The summed E-state index contributed by atoms with van der Waals surface area (Å²) >= 11 is 6.14. The van der Waals surface area contributed by atoms with Gasteiger partial charge >= 0.3 is 0 Å². The van der Waals surface area contributed by atoms with Crippen molar-refractivity contribution in [1.29, 1.82) is 5.26 Å². The van der Waals surface area contributed by atoms with Crippen molar-refractivity contribution in [2.75, 3.05) is 12.4 Å². The van der Waals surface area contributed by atoms with E-state index in [1.807, 2.05) is 24.3 Å². The highest BCUT2D eigenvalue weighted by molar-refractivity contribution is 6.31. The summed E-state index contributed by atoms with van der Waals surface area (Å²) in [5.74, 6) is -0.358. The molecule has 3 rings (SSSR count). The molecule has 3 aromatic carbocycles. The molecule has 0 spiro atoms. The smallest absolute Gasteiger partial charge is 0.293 e. The Morgan fingerprint density at radius 3 is 2.65 bits per heavy atom. The van der Waals surface area contributed by atoms with Crippen molar-refractivity contribution in [3.8, 4) is 6.07 Å². The van der Waals surface area contributed by atoms with Crippen molar-refractivity contribution in [2.45, 2.75) is 13.1 Å². The number of halogens is 1. The van der Waals surface area contributed by atoms with Crippen LogP contribution in [0.15, 0.2) is 66.7 Å². The molecule has 7 nitrogen and oxygen atoms in total. The molecule has 1 N–H and O–H groups in total. The van der Waals surface area contributed by atoms with Crippen LogP contribution in [0.25, 0.3) is 0 Å². The first-order valence-electron chi connectivity index (χ1n) is 9.39. The van der Waals surface area contributed by atoms with Gasteiger partial charge in [-0.1, -0.05) is 41.9 Å². The molecule has 31 heavy (non-hydrogen) atoms. The quantitative estimate of drug-likeness (QED) is 0.416. The van der Waals surface area contributed by atoms with E-state index >= 15 is 0 Å². The number of nitriles is 1. The second-order valence-electron chi connectivity index (χ2n) is 6.91. The summed E-state index contributed by atoms with van der Waals surface area (Å²) in [6, 6.07) is 20.6. The number of nitro groups is 1. The van der Waals surface area contributed by atoms with E-state index in [0.717, 1.165) is 11.1 Å². The lowest BCUT2D eigenvalue weighted by Crippen LogP contribution is -2.26. The van der Waals surface area contributed by atoms with Crippen LogP contribution in [0, 0.1) is 21.4 Å². The zero-order valence-electron chi connectivity index (χ0n) is 16.7. The van der Waals surface area contributed by atoms with Crippen LogP contribution in [0.1, 0.15) is 27.0 Å². The number of nitrogens with one attached hydrogen (secondary N) is 1. The van der Waals surface area contributed by atoms with E-state index in [1.165, 1.54) is 17.0 Å². The third kappa shape index (κ3) is 5.38. The second-order valence-corrected chi connectivity index (χ2v) is 7.31. The largest absolute Gasteiger partial charge is 0.375 e. The number of nitrogens with zero attached hydrogens (tertiary/aromatic N) is 3. The molecule has 0 aliphatic carbocycles. The molecule has 0 radical (unpaired) electrons. The molecule has 156 valence electrons. The number of nitro benzene ring substituents is 1. The summed E-state index contributed by atoms with van der Waals surface area (Å²) in [4.78, 5) is 25.3. The van der Waals surface area contributed by atoms with Crippen LogP contribution < -0.4 is 5.32 Å². The standard InChI is InChI=1S/C23H19ClN4O3/c1-27(15-17-6-4-5-16(11-17)13-25)23(29)18-9-10-21(22(12-18)28(30)31)26-14-19-7-2-3-8-20(19)24/h2-12,26H,14-15H2,1H3. The minimum absolute atomic E-state index is 0.196. The topological polar surface area (TPSA) is 99.3 Å². The zero-order chi connectivity index (χ0) is 22.4. The van der Waals surface area contributed by atoms with Gasteiger partial charge in [-0.15, -0.1) is 0 Å². The molecule has 0 aromatic heterocycles. The molecule has 8 heteroatoms. The van der Waals surface area contributed by atoms with E-state index in [0.29, 0.717) is 22.8 Å². The van der Waals surface area contributed by atoms with E-state index in [4.69, 9.17) is 16.9 Å². The first-order valence-corrected chi connectivity index (χ1v) is 9.77. The molecule has 0 atom stereocenters. The molecular weight excluding hydrogens is 416 g/mol. The number of rotatable bonds is 7. The fraction of sp³-hybridized carbons (Fsp3) is 0.130. The number of anilines is 1. The Balaban J connectivity index is 1.77. The summed E-state index contributed by atoms with van der Waals surface area (Å²) in [5, 5.41) is 24.2. The van der Waals surface area contributed by atoms with Gasteiger partial charge in [-0.25, -0.2) is 0 Å². The van der Waals surface area contributed by atoms with E-state index < -0.39 is 4.92 Å². The van der Waals surface area contributed by atoms with Crippen molar-refractivity contribution in [3.63, 3.8) is 0 Å². The van der Waals surface area contributed by atoms with E-state index in [9.17, 15) is 14.9 Å². The highest BCUT2D eigenvalue weighted by atomic mass is 35.5. The van der Waals surface area contributed by atoms with Gasteiger partial charge in [-0.3, -0.25) is 14.9 Å². The number of carbonyl (C=O) groups is 1. The van der Waals surface area contributed by atoms with E-state index in [-0.39, 0.29) is 23.7 Å². The Kier molecular flexibility index (Phi) is 6.85. The van der Waals surface area contributed by atoms with Crippen LogP contribution in [0.5, 0.6) is 0 Å². The van der Waals surface area contributed by atoms with E-state index in [1.54, 1.807) is 37.4 Å². The Hall–Kier alpha value is -3.89. The molecule has 0 heterocycles. The number of amides is 1. The minimum Gasteiger partial charge on any atom is -0.375 e. The van der Waals surface area contributed by atoms with Crippen LogP contribution in [0.4, 0.5) is 11.4 Å². The molecular formula is C23H19ClN4O3. The van der Waals surface area contributed by atoms with Crippen molar-refractivity contribution in [2.24, 2.45) is 0 Å². The average molecular weight is 435 g/mol. The van der Waals surface area contributed by atoms with Crippen molar-refractivity contribution in [3.05, 3.63) is 104 Å². The van der Waals surface area contributed by atoms with Crippen molar-refractivity contribution in [1.82, 2.24) is 4.90 Å². The summed E-state index contributed by atoms with van der Waals surface area (Å²) in [7, 11) is 1.61. The summed E-state index contributed by atoms with van der Waals surface area (Å²) in [6.07, 6.45) is 0. The van der Waals surface area contributed by atoms with Gasteiger partial charge in [0.2, 0.25) is 0 Å². The van der Waals surface area contributed by atoms with Gasteiger partial charge in [-0.2, -0.15) is 5.26 Å². The lowest BCUT2D eigenvalue weighted by molar-refractivity contribution is -0.384. The van der Waals surface area contributed by atoms with Gasteiger partial charge in [0.25, 0.3) is 11.6 Å². The molecule has 0 bridgehead atoms.